The molecule has 0 saturated carbocycles. The van der Waals surface area contributed by atoms with Crippen LogP contribution >= 0.6 is 0 Å². The SMILES string of the molecule is CCCCCc1ccc(-c2ccc3c(c2F)C(F)(F)C(F)(F)c2c-3ccc(CCC)c2F)cc1F. The van der Waals surface area contributed by atoms with Crippen LogP contribution in [-0.2, 0) is 24.7 Å². The van der Waals surface area contributed by atoms with Crippen molar-refractivity contribution in [2.45, 2.75) is 64.2 Å². The number of hydrogen-bond donors (Lipinski definition) is 0. The Bertz CT molecular complexity index is 1260. The van der Waals surface area contributed by atoms with Crippen LogP contribution in [-0.4, -0.2) is 0 Å². The Morgan fingerprint density at radius 2 is 1.17 bits per heavy atom. The smallest absolute Gasteiger partial charge is 0.207 e. The molecule has 0 aliphatic heterocycles. The Hall–Kier alpha value is -2.83. The first kappa shape index (κ1) is 25.3. The van der Waals surface area contributed by atoms with Crippen molar-refractivity contribution in [3.05, 3.63) is 82.2 Å². The van der Waals surface area contributed by atoms with Gasteiger partial charge in [0.05, 0.1) is 11.1 Å². The summed E-state index contributed by atoms with van der Waals surface area (Å²) in [6.45, 7) is 3.72. The van der Waals surface area contributed by atoms with Crippen molar-refractivity contribution in [1.82, 2.24) is 0 Å². The number of benzene rings is 3. The fourth-order valence-electron chi connectivity index (χ4n) is 4.74. The highest BCUT2D eigenvalue weighted by Gasteiger charge is 2.65. The molecule has 186 valence electrons. The van der Waals surface area contributed by atoms with Crippen molar-refractivity contribution in [2.24, 2.45) is 0 Å². The van der Waals surface area contributed by atoms with Gasteiger partial charge in [-0.2, -0.15) is 17.6 Å². The van der Waals surface area contributed by atoms with Gasteiger partial charge in [-0.1, -0.05) is 69.5 Å². The van der Waals surface area contributed by atoms with E-state index >= 15 is 22.0 Å². The van der Waals surface area contributed by atoms with E-state index in [0.29, 0.717) is 18.4 Å². The van der Waals surface area contributed by atoms with Crippen LogP contribution in [0.4, 0.5) is 30.7 Å². The summed E-state index contributed by atoms with van der Waals surface area (Å²) in [5.74, 6) is -13.6. The maximum Gasteiger partial charge on any atom is 0.343 e. The molecule has 0 radical (unpaired) electrons. The normalized spacial score (nSPS) is 15.6. The molecule has 0 bridgehead atoms. The molecular weight excluding hydrogens is 469 g/mol. The van der Waals surface area contributed by atoms with Crippen LogP contribution in [0.15, 0.2) is 42.5 Å². The van der Waals surface area contributed by atoms with Crippen LogP contribution in [0, 0.1) is 17.5 Å². The van der Waals surface area contributed by atoms with Gasteiger partial charge in [0.25, 0.3) is 0 Å². The van der Waals surface area contributed by atoms with Gasteiger partial charge < -0.3 is 0 Å². The van der Waals surface area contributed by atoms with Crippen molar-refractivity contribution in [2.75, 3.05) is 0 Å². The van der Waals surface area contributed by atoms with Gasteiger partial charge in [0.1, 0.15) is 17.5 Å². The first-order valence-electron chi connectivity index (χ1n) is 11.8. The molecule has 3 aromatic rings. The molecule has 3 aromatic carbocycles. The first-order valence-corrected chi connectivity index (χ1v) is 11.8. The Labute approximate surface area is 199 Å². The molecule has 0 amide bonds. The van der Waals surface area contributed by atoms with E-state index in [4.69, 9.17) is 0 Å². The summed E-state index contributed by atoms with van der Waals surface area (Å²) in [4.78, 5) is 0. The van der Waals surface area contributed by atoms with Gasteiger partial charge in [-0.25, -0.2) is 13.2 Å². The van der Waals surface area contributed by atoms with Crippen LogP contribution in [0.2, 0.25) is 0 Å². The number of hydrogen-bond acceptors (Lipinski definition) is 0. The standard InChI is InChI=1S/C28H25F7/c1-3-5-6-8-16-9-10-18(15-22(16)29)19-13-14-21-20-12-11-17(7-4-2)25(30)23(20)27(32,33)28(34,35)24(21)26(19)31/h9-15H,3-8H2,1-2H3. The van der Waals surface area contributed by atoms with E-state index in [1.165, 1.54) is 18.2 Å². The lowest BCUT2D eigenvalue weighted by Gasteiger charge is -2.36. The molecular formula is C28H25F7. The van der Waals surface area contributed by atoms with E-state index in [0.717, 1.165) is 43.5 Å². The third kappa shape index (κ3) is 4.03. The van der Waals surface area contributed by atoms with E-state index in [9.17, 15) is 8.78 Å². The molecule has 1 aliphatic carbocycles. The second-order valence-corrected chi connectivity index (χ2v) is 8.97. The average Bonchev–Trinajstić information content (AvgIpc) is 2.80. The minimum Gasteiger partial charge on any atom is -0.207 e. The van der Waals surface area contributed by atoms with Crippen molar-refractivity contribution in [3.63, 3.8) is 0 Å². The summed E-state index contributed by atoms with van der Waals surface area (Å²) >= 11 is 0. The van der Waals surface area contributed by atoms with Crippen molar-refractivity contribution >= 4 is 0 Å². The Kier molecular flexibility index (Phi) is 6.73. The van der Waals surface area contributed by atoms with Gasteiger partial charge in [0.2, 0.25) is 0 Å². The van der Waals surface area contributed by atoms with Gasteiger partial charge in [0.15, 0.2) is 0 Å². The summed E-state index contributed by atoms with van der Waals surface area (Å²) in [7, 11) is 0. The minimum atomic E-state index is -5.01. The zero-order valence-electron chi connectivity index (χ0n) is 19.4. The molecule has 7 heteroatoms. The Morgan fingerprint density at radius 1 is 0.600 bits per heavy atom. The van der Waals surface area contributed by atoms with Crippen LogP contribution in [0.5, 0.6) is 0 Å². The number of aryl methyl sites for hydroxylation is 2. The predicted octanol–water partition coefficient (Wildman–Crippen LogP) is 9.32. The molecule has 0 unspecified atom stereocenters. The van der Waals surface area contributed by atoms with E-state index in [1.54, 1.807) is 6.92 Å². The molecule has 0 spiro atoms. The Morgan fingerprint density at radius 3 is 1.77 bits per heavy atom. The maximum atomic E-state index is 15.5. The number of halogens is 7. The zero-order valence-corrected chi connectivity index (χ0v) is 19.4. The van der Waals surface area contributed by atoms with Crippen molar-refractivity contribution in [1.29, 1.82) is 0 Å². The quantitative estimate of drug-likeness (QED) is 0.227. The van der Waals surface area contributed by atoms with E-state index in [2.05, 4.69) is 0 Å². The topological polar surface area (TPSA) is 0 Å². The highest BCUT2D eigenvalue weighted by molar-refractivity contribution is 5.80. The Balaban J connectivity index is 1.87. The lowest BCUT2D eigenvalue weighted by atomic mass is 9.78. The molecule has 35 heavy (non-hydrogen) atoms. The van der Waals surface area contributed by atoms with E-state index < -0.39 is 57.1 Å². The van der Waals surface area contributed by atoms with Crippen LogP contribution in [0.3, 0.4) is 0 Å². The summed E-state index contributed by atoms with van der Waals surface area (Å²) < 4.78 is 106. The minimum absolute atomic E-state index is 0.0450. The third-order valence-corrected chi connectivity index (χ3v) is 6.61. The van der Waals surface area contributed by atoms with Crippen LogP contribution in [0.1, 0.15) is 61.8 Å². The highest BCUT2D eigenvalue weighted by atomic mass is 19.3. The van der Waals surface area contributed by atoms with Crippen molar-refractivity contribution < 1.29 is 30.7 Å². The number of fused-ring (bicyclic) bond motifs is 3. The first-order chi connectivity index (χ1) is 16.6. The molecule has 0 heterocycles. The lowest BCUT2D eigenvalue weighted by molar-refractivity contribution is -0.227. The predicted molar refractivity (Wildman–Crippen MR) is 122 cm³/mol. The van der Waals surface area contributed by atoms with Crippen LogP contribution in [0.25, 0.3) is 22.3 Å². The lowest BCUT2D eigenvalue weighted by Crippen LogP contribution is -2.41. The maximum absolute atomic E-state index is 15.5. The second-order valence-electron chi connectivity index (χ2n) is 8.97. The summed E-state index contributed by atoms with van der Waals surface area (Å²) in [5, 5.41) is 0. The fourth-order valence-corrected chi connectivity index (χ4v) is 4.74. The monoisotopic (exact) mass is 494 g/mol. The molecule has 0 aromatic heterocycles. The number of alkyl halides is 4. The van der Waals surface area contributed by atoms with Crippen molar-refractivity contribution in [3.8, 4) is 22.3 Å². The third-order valence-electron chi connectivity index (χ3n) is 6.61. The molecule has 0 fully saturated rings. The van der Waals surface area contributed by atoms with E-state index in [1.807, 2.05) is 6.92 Å². The van der Waals surface area contributed by atoms with Gasteiger partial charge >= 0.3 is 11.8 Å². The summed E-state index contributed by atoms with van der Waals surface area (Å²) in [5.41, 5.74) is -4.08. The van der Waals surface area contributed by atoms with Gasteiger partial charge in [-0.15, -0.1) is 0 Å². The molecule has 0 nitrogen and oxygen atoms in total. The molecule has 4 rings (SSSR count). The number of rotatable bonds is 7. The van der Waals surface area contributed by atoms with Gasteiger partial charge in [-0.3, -0.25) is 0 Å². The largest absolute Gasteiger partial charge is 0.343 e. The highest BCUT2D eigenvalue weighted by Crippen LogP contribution is 2.60. The molecule has 0 atom stereocenters. The zero-order chi connectivity index (χ0) is 25.5. The second kappa shape index (κ2) is 9.32. The van der Waals surface area contributed by atoms with Gasteiger partial charge in [-0.05, 0) is 53.1 Å². The van der Waals surface area contributed by atoms with Gasteiger partial charge in [0, 0.05) is 5.56 Å². The van der Waals surface area contributed by atoms with E-state index in [-0.39, 0.29) is 17.5 Å². The molecule has 1 aliphatic rings. The molecule has 0 saturated heterocycles. The summed E-state index contributed by atoms with van der Waals surface area (Å²) in [6, 6.07) is 8.47. The number of unbranched alkanes of at least 4 members (excludes halogenated alkanes) is 2. The fraction of sp³-hybridized carbons (Fsp3) is 0.357. The average molecular weight is 494 g/mol. The summed E-state index contributed by atoms with van der Waals surface area (Å²) in [6.07, 6.45) is 3.62. The van der Waals surface area contributed by atoms with Crippen LogP contribution < -0.4 is 0 Å². The molecule has 0 N–H and O–H groups in total.